The lowest BCUT2D eigenvalue weighted by Gasteiger charge is -2.33. The van der Waals surface area contributed by atoms with Crippen LogP contribution in [0.3, 0.4) is 0 Å². The molecule has 1 saturated heterocycles. The van der Waals surface area contributed by atoms with Gasteiger partial charge in [0, 0.05) is 49.4 Å². The van der Waals surface area contributed by atoms with Gasteiger partial charge in [-0.3, -0.25) is 14.6 Å². The summed E-state index contributed by atoms with van der Waals surface area (Å²) in [6.07, 6.45) is 1.71. The van der Waals surface area contributed by atoms with E-state index in [-0.39, 0.29) is 11.5 Å². The second-order valence-electron chi connectivity index (χ2n) is 8.69. The van der Waals surface area contributed by atoms with Crippen LogP contribution < -0.4 is 18.9 Å². The first-order chi connectivity index (χ1) is 16.6. The summed E-state index contributed by atoms with van der Waals surface area (Å²) in [7, 11) is 3.19. The summed E-state index contributed by atoms with van der Waals surface area (Å²) in [6.45, 7) is 8.62. The molecule has 1 fully saturated rings. The molecule has 0 N–H and O–H groups in total. The molecule has 2 aromatic rings. The minimum atomic E-state index is -0.142. The zero-order valence-electron chi connectivity index (χ0n) is 19.9. The molecule has 2 aromatic carbocycles. The number of ether oxygens (including phenoxy) is 5. The number of rotatable bonds is 6. The van der Waals surface area contributed by atoms with E-state index in [9.17, 15) is 4.79 Å². The van der Waals surface area contributed by atoms with Gasteiger partial charge in [-0.1, -0.05) is 0 Å². The number of hydrogen-bond donors (Lipinski definition) is 0. The first kappa shape index (κ1) is 22.7. The number of morpholine rings is 1. The molecule has 8 nitrogen and oxygen atoms in total. The van der Waals surface area contributed by atoms with E-state index in [2.05, 4.69) is 9.80 Å². The number of carbonyl (C=O) groups is 1. The van der Waals surface area contributed by atoms with Crippen LogP contribution in [0.1, 0.15) is 27.0 Å². The van der Waals surface area contributed by atoms with Crippen LogP contribution in [-0.4, -0.2) is 75.9 Å². The van der Waals surface area contributed by atoms with Gasteiger partial charge in [-0.2, -0.15) is 0 Å². The Balaban J connectivity index is 1.36. The van der Waals surface area contributed by atoms with Gasteiger partial charge in [-0.25, -0.2) is 0 Å². The Morgan fingerprint density at radius 1 is 1.03 bits per heavy atom. The number of carbonyl (C=O) groups excluding carboxylic acids is 1. The van der Waals surface area contributed by atoms with E-state index in [0.29, 0.717) is 35.1 Å². The van der Waals surface area contributed by atoms with Crippen molar-refractivity contribution in [3.8, 4) is 23.0 Å². The van der Waals surface area contributed by atoms with Gasteiger partial charge in [0.25, 0.3) is 0 Å². The molecule has 180 valence electrons. The van der Waals surface area contributed by atoms with Crippen LogP contribution in [-0.2, 0) is 11.3 Å². The molecule has 3 aliphatic heterocycles. The lowest BCUT2D eigenvalue weighted by molar-refractivity contribution is 0.0239. The fourth-order valence-electron chi connectivity index (χ4n) is 4.64. The van der Waals surface area contributed by atoms with E-state index in [1.54, 1.807) is 26.4 Å². The summed E-state index contributed by atoms with van der Waals surface area (Å²) in [4.78, 5) is 17.9. The highest BCUT2D eigenvalue weighted by Gasteiger charge is 2.34. The third kappa shape index (κ3) is 4.36. The highest BCUT2D eigenvalue weighted by Crippen LogP contribution is 2.43. The molecule has 0 saturated carbocycles. The van der Waals surface area contributed by atoms with E-state index in [1.165, 1.54) is 0 Å². The van der Waals surface area contributed by atoms with Crippen LogP contribution in [0.4, 0.5) is 0 Å². The number of nitrogens with zero attached hydrogens (tertiary/aromatic N) is 2. The molecule has 0 amide bonds. The zero-order valence-corrected chi connectivity index (χ0v) is 19.9. The fraction of sp³-hybridized carbons (Fsp3) is 0.423. The molecule has 34 heavy (non-hydrogen) atoms. The average Bonchev–Trinajstić information content (AvgIpc) is 3.18. The Morgan fingerprint density at radius 2 is 1.82 bits per heavy atom. The highest BCUT2D eigenvalue weighted by molar-refractivity contribution is 6.15. The van der Waals surface area contributed by atoms with Gasteiger partial charge in [0.1, 0.15) is 29.7 Å². The Bertz CT molecular complexity index is 1120. The summed E-state index contributed by atoms with van der Waals surface area (Å²) in [6, 6.07) is 7.36. The van der Waals surface area contributed by atoms with Crippen LogP contribution >= 0.6 is 0 Å². The van der Waals surface area contributed by atoms with Crippen molar-refractivity contribution in [3.63, 3.8) is 0 Å². The standard InChI is InChI=1S/C26H30N2O6/c1-17-25-19(15-28(16-33-25)7-6-27-8-10-32-11-9-27)13-21-24(29)23(34-26(17)21)14-18-12-20(30-2)4-5-22(18)31-3/h4-5,12-14H,6-11,15-16H2,1-3H3. The Kier molecular flexibility index (Phi) is 6.45. The maximum atomic E-state index is 13.3. The van der Waals surface area contributed by atoms with E-state index < -0.39 is 0 Å². The van der Waals surface area contributed by atoms with Gasteiger partial charge >= 0.3 is 0 Å². The topological polar surface area (TPSA) is 69.7 Å². The normalized spacial score (nSPS) is 19.4. The molecule has 0 aliphatic carbocycles. The van der Waals surface area contributed by atoms with Crippen LogP contribution in [0.15, 0.2) is 30.0 Å². The maximum absolute atomic E-state index is 13.3. The van der Waals surface area contributed by atoms with E-state index >= 15 is 0 Å². The summed E-state index contributed by atoms with van der Waals surface area (Å²) >= 11 is 0. The fourth-order valence-corrected chi connectivity index (χ4v) is 4.64. The number of methoxy groups -OCH3 is 2. The van der Waals surface area contributed by atoms with Crippen molar-refractivity contribution >= 4 is 11.9 Å². The third-order valence-electron chi connectivity index (χ3n) is 6.56. The van der Waals surface area contributed by atoms with Crippen molar-refractivity contribution in [1.82, 2.24) is 9.80 Å². The number of fused-ring (bicyclic) bond motifs is 2. The summed E-state index contributed by atoms with van der Waals surface area (Å²) in [5.41, 5.74) is 3.16. The molecule has 0 spiro atoms. The van der Waals surface area contributed by atoms with Crippen LogP contribution in [0.2, 0.25) is 0 Å². The van der Waals surface area contributed by atoms with Gasteiger partial charge in [-0.15, -0.1) is 0 Å². The quantitative estimate of drug-likeness (QED) is 0.602. The number of allylic oxidation sites excluding steroid dienone is 1. The van der Waals surface area contributed by atoms with Crippen molar-refractivity contribution in [2.24, 2.45) is 0 Å². The molecule has 5 rings (SSSR count). The molecule has 3 heterocycles. The molecule has 0 unspecified atom stereocenters. The molecule has 0 atom stereocenters. The van der Waals surface area contributed by atoms with Crippen molar-refractivity contribution in [2.45, 2.75) is 13.5 Å². The van der Waals surface area contributed by atoms with Crippen molar-refractivity contribution in [1.29, 1.82) is 0 Å². The molecule has 8 heteroatoms. The number of ketones is 1. The monoisotopic (exact) mass is 466 g/mol. The van der Waals surface area contributed by atoms with Crippen LogP contribution in [0.25, 0.3) is 6.08 Å². The Hall–Kier alpha value is -3.07. The van der Waals surface area contributed by atoms with Gasteiger partial charge < -0.3 is 23.7 Å². The molecule has 3 aliphatic rings. The SMILES string of the molecule is COc1ccc(OC)c(C=C2Oc3c(cc4c(c3C)OCN(CCN3CCOCC3)C4)C2=O)c1. The molecular formula is C26H30N2O6. The largest absolute Gasteiger partial charge is 0.497 e. The number of hydrogen-bond acceptors (Lipinski definition) is 8. The first-order valence-corrected chi connectivity index (χ1v) is 11.6. The van der Waals surface area contributed by atoms with Crippen LogP contribution in [0.5, 0.6) is 23.0 Å². The predicted molar refractivity (Wildman–Crippen MR) is 127 cm³/mol. The lowest BCUT2D eigenvalue weighted by Crippen LogP contribution is -2.43. The maximum Gasteiger partial charge on any atom is 0.231 e. The van der Waals surface area contributed by atoms with Crippen molar-refractivity contribution in [3.05, 3.63) is 52.3 Å². The van der Waals surface area contributed by atoms with Gasteiger partial charge in [0.2, 0.25) is 5.78 Å². The summed E-state index contributed by atoms with van der Waals surface area (Å²) in [5, 5.41) is 0. The first-order valence-electron chi connectivity index (χ1n) is 11.6. The second-order valence-corrected chi connectivity index (χ2v) is 8.69. The zero-order chi connectivity index (χ0) is 23.7. The van der Waals surface area contributed by atoms with E-state index in [1.807, 2.05) is 25.1 Å². The number of Topliss-reactive ketones (excluding diaryl/α,β-unsaturated/α-hetero) is 1. The Labute approximate surface area is 199 Å². The average molecular weight is 467 g/mol. The Morgan fingerprint density at radius 3 is 2.59 bits per heavy atom. The summed E-state index contributed by atoms with van der Waals surface area (Å²) < 4.78 is 28.4. The lowest BCUT2D eigenvalue weighted by atomic mass is 10.00. The second kappa shape index (κ2) is 9.66. The van der Waals surface area contributed by atoms with Crippen molar-refractivity contribution in [2.75, 3.05) is 60.3 Å². The summed E-state index contributed by atoms with van der Waals surface area (Å²) in [5.74, 6) is 2.81. The molecule has 0 aromatic heterocycles. The van der Waals surface area contributed by atoms with E-state index in [4.69, 9.17) is 23.7 Å². The smallest absolute Gasteiger partial charge is 0.231 e. The molecule has 0 bridgehead atoms. The van der Waals surface area contributed by atoms with E-state index in [0.717, 1.165) is 62.8 Å². The van der Waals surface area contributed by atoms with Crippen LogP contribution in [0, 0.1) is 6.92 Å². The molecular weight excluding hydrogens is 436 g/mol. The third-order valence-corrected chi connectivity index (χ3v) is 6.56. The van der Waals surface area contributed by atoms with Gasteiger partial charge in [-0.05, 0) is 37.3 Å². The highest BCUT2D eigenvalue weighted by atomic mass is 16.5. The minimum Gasteiger partial charge on any atom is -0.497 e. The van der Waals surface area contributed by atoms with Gasteiger partial charge in [0.15, 0.2) is 5.76 Å². The molecule has 0 radical (unpaired) electrons. The predicted octanol–water partition coefficient (Wildman–Crippen LogP) is 3.11. The van der Waals surface area contributed by atoms with Gasteiger partial charge in [0.05, 0.1) is 33.0 Å². The minimum absolute atomic E-state index is 0.142. The number of benzene rings is 2. The van der Waals surface area contributed by atoms with Crippen molar-refractivity contribution < 1.29 is 28.5 Å².